The number of hydrogen-bond acceptors (Lipinski definition) is 2. The van der Waals surface area contributed by atoms with Crippen LogP contribution in [0, 0.1) is 0 Å². The molecule has 1 aliphatic heterocycles. The lowest BCUT2D eigenvalue weighted by molar-refractivity contribution is 0.341. The molecule has 5 heteroatoms. The molecule has 0 aromatic rings. The topological polar surface area (TPSA) is 54.0 Å². The van der Waals surface area contributed by atoms with Crippen LogP contribution in [0.2, 0.25) is 0 Å². The molecule has 1 saturated heterocycles. The van der Waals surface area contributed by atoms with Gasteiger partial charge in [0.1, 0.15) is 11.7 Å². The van der Waals surface area contributed by atoms with E-state index in [2.05, 4.69) is 21.5 Å². The highest BCUT2D eigenvalue weighted by Crippen LogP contribution is 2.32. The first kappa shape index (κ1) is 12.6. The van der Waals surface area contributed by atoms with E-state index in [4.69, 9.17) is 5.73 Å². The van der Waals surface area contributed by atoms with Crippen LogP contribution in [0.25, 0.3) is 0 Å². The van der Waals surface area contributed by atoms with Gasteiger partial charge in [0.15, 0.2) is 0 Å². The highest BCUT2D eigenvalue weighted by molar-refractivity contribution is 7.56. The lowest BCUT2D eigenvalue weighted by atomic mass is 10.4. The van der Waals surface area contributed by atoms with Gasteiger partial charge in [-0.1, -0.05) is 0 Å². The van der Waals surface area contributed by atoms with E-state index in [0.29, 0.717) is 13.8 Å². The van der Waals surface area contributed by atoms with Gasteiger partial charge in [-0.2, -0.15) is 0 Å². The maximum atomic E-state index is 5.85. The molecule has 0 radical (unpaired) electrons. The third-order valence-electron chi connectivity index (χ3n) is 2.61. The van der Waals surface area contributed by atoms with Gasteiger partial charge in [-0.3, -0.25) is 9.89 Å². The molecule has 0 spiro atoms. The highest BCUT2D eigenvalue weighted by atomic mass is 31.1. The normalized spacial score (nSPS) is 22.1. The molecule has 0 bridgehead atoms. The van der Waals surface area contributed by atoms with Gasteiger partial charge in [-0.05, 0) is 25.9 Å². The average Bonchev–Trinajstić information content (AvgIpc) is 2.21. The molecule has 0 aliphatic carbocycles. The Morgan fingerprint density at radius 2 is 2.00 bits per heavy atom. The van der Waals surface area contributed by atoms with Gasteiger partial charge in [0.2, 0.25) is 0 Å². The minimum atomic E-state index is 0.291. The number of nitrogens with two attached hydrogens (primary N) is 1. The van der Waals surface area contributed by atoms with Crippen LogP contribution in [-0.2, 0) is 0 Å². The van der Waals surface area contributed by atoms with Gasteiger partial charge in [0.05, 0.1) is 6.54 Å². The number of nitrogens with zero attached hydrogens (tertiary/aromatic N) is 3. The first-order chi connectivity index (χ1) is 7.11. The van der Waals surface area contributed by atoms with Crippen LogP contribution in [0.5, 0.6) is 0 Å². The molecule has 0 aromatic heterocycles. The van der Waals surface area contributed by atoms with E-state index < -0.39 is 0 Å². The standard InChI is InChI=1S/C10H21N4P/c1-9(12-2)13-10(11)8-14-4-6-15(3)7-5-14/h4-8H2,1-3H3,(H2,11,12,13). The van der Waals surface area contributed by atoms with Crippen molar-refractivity contribution in [3.05, 3.63) is 0 Å². The van der Waals surface area contributed by atoms with Crippen LogP contribution < -0.4 is 5.73 Å². The summed E-state index contributed by atoms with van der Waals surface area (Å²) in [5, 5.41) is 0. The van der Waals surface area contributed by atoms with E-state index in [9.17, 15) is 0 Å². The second-order valence-electron chi connectivity index (χ2n) is 3.95. The molecule has 86 valence electrons. The monoisotopic (exact) mass is 228 g/mol. The Labute approximate surface area is 93.4 Å². The second kappa shape index (κ2) is 6.19. The second-order valence-corrected chi connectivity index (χ2v) is 6.56. The number of hydrogen-bond donors (Lipinski definition) is 1. The molecule has 0 atom stereocenters. The summed E-state index contributed by atoms with van der Waals surface area (Å²) in [5.41, 5.74) is 5.85. The summed E-state index contributed by atoms with van der Waals surface area (Å²) in [5.74, 6) is 1.43. The van der Waals surface area contributed by atoms with Crippen molar-refractivity contribution in [2.75, 3.05) is 45.7 Å². The van der Waals surface area contributed by atoms with E-state index in [1.165, 1.54) is 25.4 Å². The quantitative estimate of drug-likeness (QED) is 0.432. The van der Waals surface area contributed by atoms with Gasteiger partial charge in [0.25, 0.3) is 0 Å². The fourth-order valence-corrected chi connectivity index (χ4v) is 3.00. The minimum Gasteiger partial charge on any atom is -0.386 e. The molecule has 1 rings (SSSR count). The molecule has 4 nitrogen and oxygen atoms in total. The largest absolute Gasteiger partial charge is 0.386 e. The van der Waals surface area contributed by atoms with Gasteiger partial charge < -0.3 is 5.73 Å². The van der Waals surface area contributed by atoms with Crippen LogP contribution in [0.15, 0.2) is 9.98 Å². The van der Waals surface area contributed by atoms with Crippen molar-refractivity contribution in [3.8, 4) is 0 Å². The molecule has 0 aromatic carbocycles. The number of amidine groups is 2. The predicted octanol–water partition coefficient (Wildman–Crippen LogP) is 0.819. The maximum absolute atomic E-state index is 5.85. The molecule has 0 unspecified atom stereocenters. The zero-order valence-corrected chi connectivity index (χ0v) is 10.8. The SMILES string of the molecule is CN=C(C)N=C(N)CN1CCP(C)CC1. The van der Waals surface area contributed by atoms with Crippen molar-refractivity contribution in [2.45, 2.75) is 6.92 Å². The lowest BCUT2D eigenvalue weighted by Crippen LogP contribution is -2.40. The first-order valence-corrected chi connectivity index (χ1v) is 7.45. The summed E-state index contributed by atoms with van der Waals surface area (Å²) in [6.07, 6.45) is 2.67. The molecular formula is C10H21N4P. The molecule has 0 amide bonds. The molecule has 1 fully saturated rings. The zero-order valence-electron chi connectivity index (χ0n) is 9.90. The minimum absolute atomic E-state index is 0.291. The smallest absolute Gasteiger partial charge is 0.121 e. The maximum Gasteiger partial charge on any atom is 0.121 e. The van der Waals surface area contributed by atoms with Gasteiger partial charge >= 0.3 is 0 Å². The Balaban J connectivity index is 2.38. The van der Waals surface area contributed by atoms with Crippen molar-refractivity contribution >= 4 is 19.6 Å². The Bertz CT molecular complexity index is 254. The first-order valence-electron chi connectivity index (χ1n) is 5.29. The third kappa shape index (κ3) is 4.72. The Kier molecular flexibility index (Phi) is 5.20. The van der Waals surface area contributed by atoms with E-state index in [0.717, 1.165) is 12.4 Å². The number of aliphatic imine (C=N–C) groups is 2. The summed E-state index contributed by atoms with van der Waals surface area (Å²) >= 11 is 0. The summed E-state index contributed by atoms with van der Waals surface area (Å²) in [6, 6.07) is 0. The predicted molar refractivity (Wildman–Crippen MR) is 69.7 cm³/mol. The fraction of sp³-hybridized carbons (Fsp3) is 0.800. The molecule has 15 heavy (non-hydrogen) atoms. The Morgan fingerprint density at radius 1 is 1.40 bits per heavy atom. The van der Waals surface area contributed by atoms with Gasteiger partial charge in [0, 0.05) is 20.1 Å². The number of rotatable bonds is 2. The molecular weight excluding hydrogens is 207 g/mol. The van der Waals surface area contributed by atoms with Crippen LogP contribution in [0.3, 0.4) is 0 Å². The van der Waals surface area contributed by atoms with Crippen LogP contribution in [-0.4, -0.2) is 62.2 Å². The van der Waals surface area contributed by atoms with Crippen molar-refractivity contribution in [2.24, 2.45) is 15.7 Å². The van der Waals surface area contributed by atoms with Crippen molar-refractivity contribution in [1.29, 1.82) is 0 Å². The van der Waals surface area contributed by atoms with E-state index in [1.54, 1.807) is 7.05 Å². The van der Waals surface area contributed by atoms with E-state index >= 15 is 0 Å². The summed E-state index contributed by atoms with van der Waals surface area (Å²) in [7, 11) is 2.02. The van der Waals surface area contributed by atoms with Crippen LogP contribution in [0.1, 0.15) is 6.92 Å². The third-order valence-corrected chi connectivity index (χ3v) is 4.54. The van der Waals surface area contributed by atoms with Crippen LogP contribution in [0.4, 0.5) is 0 Å². The fourth-order valence-electron chi connectivity index (χ4n) is 1.53. The van der Waals surface area contributed by atoms with Gasteiger partial charge in [-0.25, -0.2) is 4.99 Å². The summed E-state index contributed by atoms with van der Waals surface area (Å²) in [6.45, 7) is 7.36. The van der Waals surface area contributed by atoms with E-state index in [1.807, 2.05) is 6.92 Å². The molecule has 1 heterocycles. The Morgan fingerprint density at radius 3 is 2.53 bits per heavy atom. The van der Waals surface area contributed by atoms with Crippen molar-refractivity contribution in [3.63, 3.8) is 0 Å². The van der Waals surface area contributed by atoms with Crippen LogP contribution >= 0.6 is 7.92 Å². The average molecular weight is 228 g/mol. The molecule has 1 aliphatic rings. The molecule has 2 N–H and O–H groups in total. The highest BCUT2D eigenvalue weighted by Gasteiger charge is 2.15. The van der Waals surface area contributed by atoms with Crippen molar-refractivity contribution < 1.29 is 0 Å². The van der Waals surface area contributed by atoms with Gasteiger partial charge in [-0.15, -0.1) is 7.92 Å². The van der Waals surface area contributed by atoms with E-state index in [-0.39, 0.29) is 0 Å². The lowest BCUT2D eigenvalue weighted by Gasteiger charge is -2.29. The summed E-state index contributed by atoms with van der Waals surface area (Å²) < 4.78 is 0. The Hall–Kier alpha value is -0.470. The zero-order chi connectivity index (χ0) is 11.3. The molecule has 0 saturated carbocycles. The summed E-state index contributed by atoms with van der Waals surface area (Å²) in [4.78, 5) is 10.6. The van der Waals surface area contributed by atoms with Crippen molar-refractivity contribution in [1.82, 2.24) is 4.90 Å².